The highest BCUT2D eigenvalue weighted by Crippen LogP contribution is 2.15. The number of carbonyl (C=O) groups is 1. The van der Waals surface area contributed by atoms with Crippen molar-refractivity contribution in [3.63, 3.8) is 0 Å². The van der Waals surface area contributed by atoms with Crippen LogP contribution in [-0.2, 0) is 0 Å². The molecule has 0 radical (unpaired) electrons. The minimum absolute atomic E-state index is 0.0942. The van der Waals surface area contributed by atoms with Crippen molar-refractivity contribution in [2.24, 2.45) is 5.92 Å². The van der Waals surface area contributed by atoms with Crippen LogP contribution in [0.1, 0.15) is 32.4 Å². The first-order chi connectivity index (χ1) is 9.79. The number of hydrogen-bond donors (Lipinski definition) is 3. The number of aliphatic hydroxyl groups excluding tert-OH is 1. The highest BCUT2D eigenvalue weighted by atomic mass is 16.3. The molecule has 0 fully saturated rings. The maximum atomic E-state index is 12.0. The molecule has 21 heavy (non-hydrogen) atoms. The summed E-state index contributed by atoms with van der Waals surface area (Å²) in [6, 6.07) is 7.08. The normalized spacial score (nSPS) is 14.1. The lowest BCUT2D eigenvalue weighted by Crippen LogP contribution is -2.46. The number of carbonyl (C=O) groups excluding carboxylic acids is 1. The zero-order valence-electron chi connectivity index (χ0n) is 13.6. The van der Waals surface area contributed by atoms with Crippen LogP contribution in [0.25, 0.3) is 0 Å². The van der Waals surface area contributed by atoms with Gasteiger partial charge in [0, 0.05) is 18.3 Å². The van der Waals surface area contributed by atoms with E-state index in [1.165, 1.54) is 0 Å². The fraction of sp³-hybridized carbons (Fsp3) is 0.562. The molecular weight excluding hydrogens is 266 g/mol. The number of aliphatic hydroxyl groups is 1. The summed E-state index contributed by atoms with van der Waals surface area (Å²) in [5, 5.41) is 15.3. The van der Waals surface area contributed by atoms with Gasteiger partial charge in [-0.1, -0.05) is 26.0 Å². The molecule has 1 rings (SSSR count). The van der Waals surface area contributed by atoms with Gasteiger partial charge in [0.05, 0.1) is 6.10 Å². The van der Waals surface area contributed by atoms with Crippen LogP contribution in [0.3, 0.4) is 0 Å². The molecule has 0 heterocycles. The molecule has 2 amide bonds. The second-order valence-electron chi connectivity index (χ2n) is 6.01. The standard InChI is InChI=1S/C16H27N3O2/c1-11(2)15(10-19(4)5)18-16(21)17-14-8-6-13(7-9-14)12(3)20/h6-9,11-12,15,20H,10H2,1-5H3,(H2,17,18,21). The predicted molar refractivity (Wildman–Crippen MR) is 86.4 cm³/mol. The first-order valence-electron chi connectivity index (χ1n) is 7.30. The van der Waals surface area contributed by atoms with Crippen molar-refractivity contribution < 1.29 is 9.90 Å². The largest absolute Gasteiger partial charge is 0.389 e. The van der Waals surface area contributed by atoms with E-state index >= 15 is 0 Å². The monoisotopic (exact) mass is 293 g/mol. The topological polar surface area (TPSA) is 64.6 Å². The first-order valence-corrected chi connectivity index (χ1v) is 7.30. The molecule has 0 saturated carbocycles. The third-order valence-corrected chi connectivity index (χ3v) is 3.33. The Hall–Kier alpha value is -1.59. The summed E-state index contributed by atoms with van der Waals surface area (Å²) < 4.78 is 0. The maximum Gasteiger partial charge on any atom is 0.319 e. The van der Waals surface area contributed by atoms with Crippen molar-refractivity contribution in [2.45, 2.75) is 32.9 Å². The van der Waals surface area contributed by atoms with E-state index in [2.05, 4.69) is 29.4 Å². The molecule has 2 atom stereocenters. The van der Waals surface area contributed by atoms with Gasteiger partial charge < -0.3 is 20.6 Å². The van der Waals surface area contributed by atoms with E-state index in [1.54, 1.807) is 31.2 Å². The zero-order chi connectivity index (χ0) is 16.0. The van der Waals surface area contributed by atoms with E-state index in [9.17, 15) is 9.90 Å². The minimum Gasteiger partial charge on any atom is -0.389 e. The quantitative estimate of drug-likeness (QED) is 0.755. The van der Waals surface area contributed by atoms with Crippen LogP contribution in [-0.4, -0.2) is 42.7 Å². The number of likely N-dealkylation sites (N-methyl/N-ethyl adjacent to an activating group) is 1. The third kappa shape index (κ3) is 6.14. The molecule has 1 aromatic rings. The van der Waals surface area contributed by atoms with Gasteiger partial charge in [-0.3, -0.25) is 0 Å². The van der Waals surface area contributed by atoms with Crippen LogP contribution in [0.4, 0.5) is 10.5 Å². The molecule has 0 aliphatic heterocycles. The fourth-order valence-electron chi connectivity index (χ4n) is 2.00. The SMILES string of the molecule is CC(O)c1ccc(NC(=O)NC(CN(C)C)C(C)C)cc1. The number of amides is 2. The van der Waals surface area contributed by atoms with Crippen molar-refractivity contribution in [2.75, 3.05) is 26.0 Å². The predicted octanol–water partition coefficient (Wildman–Crippen LogP) is 2.45. The van der Waals surface area contributed by atoms with Crippen LogP contribution in [0.15, 0.2) is 24.3 Å². The minimum atomic E-state index is -0.502. The van der Waals surface area contributed by atoms with Crippen LogP contribution < -0.4 is 10.6 Å². The van der Waals surface area contributed by atoms with Gasteiger partial charge in [0.1, 0.15) is 0 Å². The van der Waals surface area contributed by atoms with E-state index in [0.29, 0.717) is 11.6 Å². The molecule has 5 heteroatoms. The summed E-state index contributed by atoms with van der Waals surface area (Å²) in [6.07, 6.45) is -0.502. The van der Waals surface area contributed by atoms with Crippen LogP contribution >= 0.6 is 0 Å². The number of hydrogen-bond acceptors (Lipinski definition) is 3. The van der Waals surface area contributed by atoms with Crippen molar-refractivity contribution in [3.05, 3.63) is 29.8 Å². The van der Waals surface area contributed by atoms with Gasteiger partial charge in [-0.2, -0.15) is 0 Å². The molecule has 0 aliphatic rings. The molecule has 3 N–H and O–H groups in total. The van der Waals surface area contributed by atoms with E-state index in [4.69, 9.17) is 0 Å². The Kier molecular flexibility index (Phi) is 6.65. The highest BCUT2D eigenvalue weighted by molar-refractivity contribution is 5.89. The van der Waals surface area contributed by atoms with Gasteiger partial charge >= 0.3 is 6.03 Å². The molecule has 0 aliphatic carbocycles. The van der Waals surface area contributed by atoms with Crippen molar-refractivity contribution in [3.8, 4) is 0 Å². The van der Waals surface area contributed by atoms with E-state index < -0.39 is 6.10 Å². The summed E-state index contributed by atoms with van der Waals surface area (Å²) in [4.78, 5) is 14.1. The lowest BCUT2D eigenvalue weighted by Gasteiger charge is -2.25. The number of rotatable bonds is 6. The van der Waals surface area contributed by atoms with Crippen LogP contribution in [0.5, 0.6) is 0 Å². The van der Waals surface area contributed by atoms with Gasteiger partial charge in [-0.25, -0.2) is 4.79 Å². The first kappa shape index (κ1) is 17.5. The average molecular weight is 293 g/mol. The Bertz CT molecular complexity index is 441. The molecule has 0 bridgehead atoms. The second-order valence-corrected chi connectivity index (χ2v) is 6.01. The van der Waals surface area contributed by atoms with E-state index in [0.717, 1.165) is 12.1 Å². The van der Waals surface area contributed by atoms with Gasteiger partial charge in [-0.05, 0) is 44.6 Å². The Balaban J connectivity index is 2.59. The number of benzene rings is 1. The fourth-order valence-corrected chi connectivity index (χ4v) is 2.00. The molecule has 0 saturated heterocycles. The van der Waals surface area contributed by atoms with Gasteiger partial charge in [0.2, 0.25) is 0 Å². The maximum absolute atomic E-state index is 12.0. The highest BCUT2D eigenvalue weighted by Gasteiger charge is 2.17. The summed E-state index contributed by atoms with van der Waals surface area (Å²) in [7, 11) is 3.98. The van der Waals surface area contributed by atoms with E-state index in [1.807, 2.05) is 14.1 Å². The summed E-state index contributed by atoms with van der Waals surface area (Å²) in [5.74, 6) is 0.357. The number of anilines is 1. The lowest BCUT2D eigenvalue weighted by atomic mass is 10.0. The third-order valence-electron chi connectivity index (χ3n) is 3.33. The Morgan fingerprint density at radius 1 is 1.19 bits per heavy atom. The van der Waals surface area contributed by atoms with Gasteiger partial charge in [0.25, 0.3) is 0 Å². The summed E-state index contributed by atoms with van der Waals surface area (Å²) >= 11 is 0. The molecular formula is C16H27N3O2. The summed E-state index contributed by atoms with van der Waals surface area (Å²) in [6.45, 7) is 6.69. The van der Waals surface area contributed by atoms with Crippen molar-refractivity contribution in [1.29, 1.82) is 0 Å². The molecule has 2 unspecified atom stereocenters. The number of nitrogens with one attached hydrogen (secondary N) is 2. The Morgan fingerprint density at radius 3 is 2.19 bits per heavy atom. The molecule has 118 valence electrons. The summed E-state index contributed by atoms with van der Waals surface area (Å²) in [5.41, 5.74) is 1.54. The van der Waals surface area contributed by atoms with Crippen LogP contribution in [0, 0.1) is 5.92 Å². The molecule has 0 aromatic heterocycles. The zero-order valence-corrected chi connectivity index (χ0v) is 13.6. The van der Waals surface area contributed by atoms with Crippen LogP contribution in [0.2, 0.25) is 0 Å². The number of nitrogens with zero attached hydrogens (tertiary/aromatic N) is 1. The lowest BCUT2D eigenvalue weighted by molar-refractivity contribution is 0.199. The Morgan fingerprint density at radius 2 is 1.76 bits per heavy atom. The number of urea groups is 1. The van der Waals surface area contributed by atoms with Crippen molar-refractivity contribution in [1.82, 2.24) is 10.2 Å². The molecule has 0 spiro atoms. The van der Waals surface area contributed by atoms with Gasteiger partial charge in [-0.15, -0.1) is 0 Å². The van der Waals surface area contributed by atoms with Gasteiger partial charge in [0.15, 0.2) is 0 Å². The smallest absolute Gasteiger partial charge is 0.319 e. The van der Waals surface area contributed by atoms with E-state index in [-0.39, 0.29) is 12.1 Å². The Labute approximate surface area is 127 Å². The molecule has 5 nitrogen and oxygen atoms in total. The van der Waals surface area contributed by atoms with Crippen molar-refractivity contribution >= 4 is 11.7 Å². The molecule has 1 aromatic carbocycles. The average Bonchev–Trinajstić information content (AvgIpc) is 2.37. The second kappa shape index (κ2) is 8.00.